The minimum atomic E-state index is -0.810. The molecule has 42 heavy (non-hydrogen) atoms. The third kappa shape index (κ3) is 11.8. The predicted molar refractivity (Wildman–Crippen MR) is 163 cm³/mol. The second-order valence-corrected chi connectivity index (χ2v) is 11.8. The topological polar surface area (TPSA) is 106 Å². The lowest BCUT2D eigenvalue weighted by molar-refractivity contribution is -0.135. The zero-order valence-corrected chi connectivity index (χ0v) is 25.6. The van der Waals surface area contributed by atoms with Gasteiger partial charge in [0.2, 0.25) is 5.91 Å². The second kappa shape index (κ2) is 16.4. The summed E-state index contributed by atoms with van der Waals surface area (Å²) < 4.78 is 16.1. The Morgan fingerprint density at radius 1 is 0.905 bits per heavy atom. The molecule has 3 aromatic rings. The highest BCUT2D eigenvalue weighted by Gasteiger charge is 2.28. The zero-order chi connectivity index (χ0) is 30.4. The van der Waals surface area contributed by atoms with Gasteiger partial charge >= 0.3 is 12.2 Å². The molecule has 10 heteroatoms. The van der Waals surface area contributed by atoms with E-state index >= 15 is 0 Å². The van der Waals surface area contributed by atoms with Crippen LogP contribution < -0.4 is 15.4 Å². The molecule has 1 heterocycles. The van der Waals surface area contributed by atoms with Crippen LogP contribution in [0, 0.1) is 0 Å². The Morgan fingerprint density at radius 3 is 2.36 bits per heavy atom. The molecule has 3 amide bonds. The van der Waals surface area contributed by atoms with Crippen molar-refractivity contribution >= 4 is 29.4 Å². The quantitative estimate of drug-likeness (QED) is 0.213. The number of hydrogen-bond acceptors (Lipinski definition) is 7. The fourth-order valence-corrected chi connectivity index (χ4v) is 4.88. The Balaban J connectivity index is 1.63. The maximum atomic E-state index is 14.0. The van der Waals surface area contributed by atoms with E-state index in [0.29, 0.717) is 44.6 Å². The number of thiophene rings is 1. The van der Waals surface area contributed by atoms with E-state index in [4.69, 9.17) is 14.2 Å². The maximum Gasteiger partial charge on any atom is 0.408 e. The van der Waals surface area contributed by atoms with Crippen LogP contribution in [0.3, 0.4) is 0 Å². The van der Waals surface area contributed by atoms with Gasteiger partial charge in [-0.25, -0.2) is 9.59 Å². The van der Waals surface area contributed by atoms with Crippen molar-refractivity contribution in [2.24, 2.45) is 0 Å². The van der Waals surface area contributed by atoms with Crippen LogP contribution in [0.1, 0.15) is 56.0 Å². The number of alkyl carbamates (subject to hydrolysis) is 2. The van der Waals surface area contributed by atoms with E-state index in [2.05, 4.69) is 10.6 Å². The molecule has 1 aromatic heterocycles. The summed E-state index contributed by atoms with van der Waals surface area (Å²) in [7, 11) is 1.60. The maximum absolute atomic E-state index is 14.0. The Hall–Kier alpha value is -4.05. The zero-order valence-electron chi connectivity index (χ0n) is 24.8. The van der Waals surface area contributed by atoms with Crippen molar-refractivity contribution in [1.82, 2.24) is 15.5 Å². The normalized spacial score (nSPS) is 11.7. The molecule has 0 aliphatic rings. The van der Waals surface area contributed by atoms with Crippen LogP contribution in [0.5, 0.6) is 5.75 Å². The standard InChI is InChI=1S/C32H41N3O6S/c1-32(2,3)41-31(38)34-28(17-8-9-18-33-30(37)40-23-24-12-6-5-7-13-24)29(36)35(22-27-16-11-19-42-27)21-25-14-10-15-26(20-25)39-4/h5-7,10-16,19-20,28H,8-9,17-18,21-23H2,1-4H3,(H,33,37)(H,34,38)/t28-/m1/s1. The molecule has 0 aliphatic heterocycles. The summed E-state index contributed by atoms with van der Waals surface area (Å²) in [6.45, 7) is 6.64. The number of nitrogens with one attached hydrogen (secondary N) is 2. The van der Waals surface area contributed by atoms with Gasteiger partial charge in [-0.15, -0.1) is 11.3 Å². The van der Waals surface area contributed by atoms with Gasteiger partial charge in [-0.2, -0.15) is 0 Å². The average Bonchev–Trinajstić information content (AvgIpc) is 3.47. The van der Waals surface area contributed by atoms with Gasteiger partial charge in [0.1, 0.15) is 24.0 Å². The molecule has 9 nitrogen and oxygen atoms in total. The van der Waals surface area contributed by atoms with Crippen LogP contribution in [-0.2, 0) is 34.0 Å². The van der Waals surface area contributed by atoms with Gasteiger partial charge in [-0.3, -0.25) is 4.79 Å². The number of carbonyl (C=O) groups excluding carboxylic acids is 3. The van der Waals surface area contributed by atoms with E-state index in [9.17, 15) is 14.4 Å². The smallest absolute Gasteiger partial charge is 0.408 e. The summed E-state index contributed by atoms with van der Waals surface area (Å²) in [4.78, 5) is 41.5. The summed E-state index contributed by atoms with van der Waals surface area (Å²) in [6.07, 6.45) is 0.399. The molecule has 0 radical (unpaired) electrons. The first-order valence-corrected chi connectivity index (χ1v) is 14.9. The van der Waals surface area contributed by atoms with Crippen LogP contribution >= 0.6 is 11.3 Å². The molecule has 0 bridgehead atoms. The first kappa shape index (κ1) is 32.5. The number of methoxy groups -OCH3 is 1. The Morgan fingerprint density at radius 2 is 1.67 bits per heavy atom. The number of unbranched alkanes of at least 4 members (excludes halogenated alkanes) is 1. The van der Waals surface area contributed by atoms with Crippen LogP contribution in [0.25, 0.3) is 0 Å². The van der Waals surface area contributed by atoms with Gasteiger partial charge in [0.05, 0.1) is 13.7 Å². The summed E-state index contributed by atoms with van der Waals surface area (Å²) in [5.74, 6) is 0.488. The van der Waals surface area contributed by atoms with E-state index in [-0.39, 0.29) is 12.5 Å². The molecule has 2 aromatic carbocycles. The predicted octanol–water partition coefficient (Wildman–Crippen LogP) is 6.28. The minimum Gasteiger partial charge on any atom is -0.497 e. The SMILES string of the molecule is COc1cccc(CN(Cc2cccs2)C(=O)[C@@H](CCCCNC(=O)OCc2ccccc2)NC(=O)OC(C)(C)C)c1. The van der Waals surface area contributed by atoms with E-state index in [1.807, 2.05) is 72.1 Å². The summed E-state index contributed by atoms with van der Waals surface area (Å²) in [5, 5.41) is 7.51. The molecule has 0 fully saturated rings. The van der Waals surface area contributed by atoms with Crippen molar-refractivity contribution < 1.29 is 28.6 Å². The van der Waals surface area contributed by atoms with Crippen molar-refractivity contribution in [1.29, 1.82) is 0 Å². The molecule has 0 saturated carbocycles. The molecular formula is C32H41N3O6S. The highest BCUT2D eigenvalue weighted by Crippen LogP contribution is 2.20. The first-order chi connectivity index (χ1) is 20.1. The first-order valence-electron chi connectivity index (χ1n) is 14.0. The Kier molecular flexibility index (Phi) is 12.7. The van der Waals surface area contributed by atoms with Crippen LogP contribution in [0.2, 0.25) is 0 Å². The largest absolute Gasteiger partial charge is 0.497 e. The molecule has 0 aliphatic carbocycles. The lowest BCUT2D eigenvalue weighted by atomic mass is 10.1. The lowest BCUT2D eigenvalue weighted by Crippen LogP contribution is -2.49. The molecule has 2 N–H and O–H groups in total. The van der Waals surface area contributed by atoms with Crippen LogP contribution in [-0.4, -0.2) is 48.3 Å². The third-order valence-corrected chi connectivity index (χ3v) is 7.00. The van der Waals surface area contributed by atoms with Crippen molar-refractivity contribution in [2.45, 2.75) is 71.4 Å². The van der Waals surface area contributed by atoms with Crippen molar-refractivity contribution in [3.8, 4) is 5.75 Å². The second-order valence-electron chi connectivity index (χ2n) is 10.8. The molecular weight excluding hydrogens is 554 g/mol. The highest BCUT2D eigenvalue weighted by molar-refractivity contribution is 7.09. The lowest BCUT2D eigenvalue weighted by Gasteiger charge is -2.29. The number of nitrogens with zero attached hydrogens (tertiary/aromatic N) is 1. The van der Waals surface area contributed by atoms with Gasteiger partial charge in [0, 0.05) is 18.0 Å². The molecule has 0 spiro atoms. The van der Waals surface area contributed by atoms with E-state index in [1.165, 1.54) is 0 Å². The number of carbonyl (C=O) groups is 3. The summed E-state index contributed by atoms with van der Waals surface area (Å²) in [6, 6.07) is 20.1. The van der Waals surface area contributed by atoms with E-state index in [0.717, 1.165) is 16.0 Å². The van der Waals surface area contributed by atoms with Gasteiger partial charge in [0.15, 0.2) is 0 Å². The van der Waals surface area contributed by atoms with Gasteiger partial charge in [0.25, 0.3) is 0 Å². The van der Waals surface area contributed by atoms with Crippen molar-refractivity contribution in [2.75, 3.05) is 13.7 Å². The summed E-state index contributed by atoms with van der Waals surface area (Å²) >= 11 is 1.57. The van der Waals surface area contributed by atoms with Crippen molar-refractivity contribution in [3.05, 3.63) is 88.1 Å². The monoisotopic (exact) mass is 595 g/mol. The average molecular weight is 596 g/mol. The van der Waals surface area contributed by atoms with Gasteiger partial charge < -0.3 is 29.7 Å². The molecule has 0 unspecified atom stereocenters. The highest BCUT2D eigenvalue weighted by atomic mass is 32.1. The number of hydrogen-bond donors (Lipinski definition) is 2. The summed E-state index contributed by atoms with van der Waals surface area (Å²) in [5.41, 5.74) is 1.11. The molecule has 3 rings (SSSR count). The van der Waals surface area contributed by atoms with E-state index < -0.39 is 23.8 Å². The molecule has 0 saturated heterocycles. The number of ether oxygens (including phenoxy) is 3. The van der Waals surface area contributed by atoms with Crippen molar-refractivity contribution in [3.63, 3.8) is 0 Å². The van der Waals surface area contributed by atoms with Crippen LogP contribution in [0.15, 0.2) is 72.1 Å². The Labute approximate surface area is 252 Å². The van der Waals surface area contributed by atoms with Gasteiger partial charge in [-0.05, 0) is 74.7 Å². The van der Waals surface area contributed by atoms with E-state index in [1.54, 1.807) is 44.1 Å². The number of benzene rings is 2. The fraction of sp³-hybridized carbons (Fsp3) is 0.406. The van der Waals surface area contributed by atoms with Gasteiger partial charge in [-0.1, -0.05) is 48.5 Å². The fourth-order valence-electron chi connectivity index (χ4n) is 4.16. The number of amides is 3. The number of rotatable bonds is 14. The molecule has 1 atom stereocenters. The minimum absolute atomic E-state index is 0.191. The molecule has 226 valence electrons. The third-order valence-electron chi connectivity index (χ3n) is 6.14. The van der Waals surface area contributed by atoms with Crippen LogP contribution in [0.4, 0.5) is 9.59 Å². The Bertz CT molecular complexity index is 1260.